The zero-order valence-electron chi connectivity index (χ0n) is 47.7. The number of aromatic nitrogens is 2. The first kappa shape index (κ1) is 55.9. The average Bonchev–Trinajstić information content (AvgIpc) is 4.59. The number of morpholine rings is 2. The van der Waals surface area contributed by atoms with Gasteiger partial charge in [-0.25, -0.2) is 5.43 Å². The molecule has 3 N–H and O–H groups in total. The molecule has 81 heavy (non-hydrogen) atoms. The second kappa shape index (κ2) is 21.8. The molecule has 12 rings (SSSR count). The van der Waals surface area contributed by atoms with Crippen LogP contribution in [0.1, 0.15) is 90.0 Å². The first-order chi connectivity index (χ1) is 38.7. The van der Waals surface area contributed by atoms with Gasteiger partial charge in [-0.1, -0.05) is 71.9 Å². The summed E-state index contributed by atoms with van der Waals surface area (Å²) in [5, 5.41) is 8.66. The third-order valence-corrected chi connectivity index (χ3v) is 18.2. The second-order valence-electron chi connectivity index (χ2n) is 25.9. The summed E-state index contributed by atoms with van der Waals surface area (Å²) in [6, 6.07) is 13.2. The summed E-state index contributed by atoms with van der Waals surface area (Å²) in [5.74, 6) is -0.830. The van der Waals surface area contributed by atoms with E-state index in [0.717, 1.165) is 42.0 Å². The quantitative estimate of drug-likeness (QED) is 0.126. The number of cyclic esters (lactones) is 1. The highest BCUT2D eigenvalue weighted by atomic mass is 19.4. The smallest absolute Gasteiger partial charge is 0.406 e. The molecule has 3 amide bonds. The summed E-state index contributed by atoms with van der Waals surface area (Å²) in [6.45, 7) is 17.6. The van der Waals surface area contributed by atoms with E-state index >= 15 is 13.2 Å². The van der Waals surface area contributed by atoms with Gasteiger partial charge in [-0.15, -0.1) is 0 Å². The molecule has 0 unspecified atom stereocenters. The molecule has 2 aromatic heterocycles. The fourth-order valence-electron chi connectivity index (χ4n) is 13.9. The van der Waals surface area contributed by atoms with Gasteiger partial charge in [-0.3, -0.25) is 44.3 Å². The van der Waals surface area contributed by atoms with Gasteiger partial charge < -0.3 is 33.9 Å². The number of nitrogens with one attached hydrogen (secondary N) is 3. The minimum Gasteiger partial charge on any atom is -0.464 e. The highest BCUT2D eigenvalue weighted by Gasteiger charge is 2.57. The van der Waals surface area contributed by atoms with Gasteiger partial charge in [0.15, 0.2) is 0 Å². The summed E-state index contributed by atoms with van der Waals surface area (Å²) in [6.07, 6.45) is 0.868. The van der Waals surface area contributed by atoms with E-state index in [1.54, 1.807) is 6.07 Å². The van der Waals surface area contributed by atoms with Gasteiger partial charge in [-0.05, 0) is 90.3 Å². The van der Waals surface area contributed by atoms with E-state index in [1.807, 2.05) is 95.1 Å². The Morgan fingerprint density at radius 2 is 1.73 bits per heavy atom. The molecule has 0 radical (unpaired) electrons. The number of halogens is 3. The number of fused-ring (bicyclic) bond motifs is 7. The molecule has 2 aromatic carbocycles. The Hall–Kier alpha value is -5.64. The van der Waals surface area contributed by atoms with Crippen molar-refractivity contribution in [3.8, 4) is 22.4 Å². The lowest BCUT2D eigenvalue weighted by molar-refractivity contribution is -0.197. The van der Waals surface area contributed by atoms with Crippen molar-refractivity contribution in [3.63, 3.8) is 0 Å². The number of pyridine rings is 1. The highest BCUT2D eigenvalue weighted by Crippen LogP contribution is 2.45. The number of anilines is 1. The molecule has 1 spiro atoms. The van der Waals surface area contributed by atoms with Crippen LogP contribution in [0.4, 0.5) is 18.9 Å². The number of ether oxygens (including phenoxy) is 3. The van der Waals surface area contributed by atoms with E-state index < -0.39 is 53.7 Å². The molecule has 1 saturated carbocycles. The first-order valence-corrected chi connectivity index (χ1v) is 29.6. The van der Waals surface area contributed by atoms with E-state index in [2.05, 4.69) is 30.8 Å². The Morgan fingerprint density at radius 1 is 0.926 bits per heavy atom. The van der Waals surface area contributed by atoms with E-state index in [-0.39, 0.29) is 61.2 Å². The van der Waals surface area contributed by atoms with Crippen molar-refractivity contribution in [2.24, 2.45) is 17.3 Å². The number of alkyl halides is 3. The lowest BCUT2D eigenvalue weighted by Crippen LogP contribution is -2.73. The zero-order chi connectivity index (χ0) is 56.7. The van der Waals surface area contributed by atoms with Crippen molar-refractivity contribution < 1.29 is 46.6 Å². The summed E-state index contributed by atoms with van der Waals surface area (Å²) < 4.78 is 65.4. The SMILES string of the molecule is CC(C)c1ncc(N2CCN3CCOC[C@@H]3C2)cc1-c1c2c3cc(ccc3n1CC(F)(F)F)-c1cccc(c1)C[C@H](NC(=O)[C@H](C(C)C)N1CCOC3(CN(C(=O)[C@@H]4N[C@@H]4C4CC4)C3)C1)C(=O)N1CCC[C@H](N1)C(=O)OCC(C)(C)C2. The Labute approximate surface area is 472 Å². The van der Waals surface area contributed by atoms with Crippen molar-refractivity contribution in [3.05, 3.63) is 71.5 Å². The number of esters is 1. The van der Waals surface area contributed by atoms with Gasteiger partial charge in [0.1, 0.15) is 30.3 Å². The standard InChI is InChI=1S/C61H79F3N10O7/c1-36(2)50-45(26-42(28-65-50)70-18-17-69-19-21-79-30-43(69)29-70)54-46-27-59(5,6)35-80-58(78)47-11-8-16-74(68-47)56(76)48(24-38-9-7-10-40(23-38)41-14-15-49(44(46)25-41)73(54)34-61(62,63)64)66-55(75)53(37(3)4)71-20-22-81-60(31-71)32-72(33-60)57(77)52-51(67-52)39-12-13-39/h7,9-10,14-15,23,25-26,28,36-37,39,43,47-48,51-53,67-68H,8,11-13,16-22,24,27,29-35H2,1-6H3,(H,66,75)/t43-,47-,48-,51+,52+,53-/m0/s1. The molecule has 20 heteroatoms. The van der Waals surface area contributed by atoms with E-state index in [1.165, 1.54) is 22.4 Å². The predicted molar refractivity (Wildman–Crippen MR) is 300 cm³/mol. The molecule has 1 aliphatic carbocycles. The molecule has 6 bridgehead atoms. The fraction of sp³-hybridized carbons (Fsp3) is 0.623. The van der Waals surface area contributed by atoms with Gasteiger partial charge in [0.2, 0.25) is 11.8 Å². The van der Waals surface area contributed by atoms with Gasteiger partial charge in [0, 0.05) is 80.2 Å². The van der Waals surface area contributed by atoms with Crippen LogP contribution in [-0.4, -0.2) is 186 Å². The van der Waals surface area contributed by atoms with Crippen molar-refractivity contribution in [1.29, 1.82) is 0 Å². The van der Waals surface area contributed by atoms with Crippen molar-refractivity contribution in [1.82, 2.24) is 45.3 Å². The summed E-state index contributed by atoms with van der Waals surface area (Å²) in [7, 11) is 0. The number of carbonyl (C=O) groups is 4. The Kier molecular flexibility index (Phi) is 15.1. The first-order valence-electron chi connectivity index (χ1n) is 29.6. The molecular formula is C61H79F3N10O7. The fourth-order valence-corrected chi connectivity index (χ4v) is 13.9. The van der Waals surface area contributed by atoms with Crippen LogP contribution in [-0.2, 0) is 52.8 Å². The van der Waals surface area contributed by atoms with Gasteiger partial charge in [-0.2, -0.15) is 13.2 Å². The molecule has 6 saturated heterocycles. The van der Waals surface area contributed by atoms with Crippen LogP contribution in [0.2, 0.25) is 0 Å². The Bertz CT molecular complexity index is 3060. The summed E-state index contributed by atoms with van der Waals surface area (Å²) >= 11 is 0. The van der Waals surface area contributed by atoms with Crippen LogP contribution >= 0.6 is 0 Å². The van der Waals surface area contributed by atoms with E-state index in [4.69, 9.17) is 19.2 Å². The average molecular weight is 1120 g/mol. The molecule has 8 aliphatic rings. The summed E-state index contributed by atoms with van der Waals surface area (Å²) in [5.41, 5.74) is 7.79. The number of hydrogen-bond acceptors (Lipinski definition) is 13. The number of amides is 3. The third kappa shape index (κ3) is 11.6. The number of hydrogen-bond donors (Lipinski definition) is 3. The molecule has 4 aromatic rings. The third-order valence-electron chi connectivity index (χ3n) is 18.2. The number of piperazine rings is 1. The minimum atomic E-state index is -4.58. The topological polar surface area (TPSA) is 176 Å². The van der Waals surface area contributed by atoms with Crippen LogP contribution in [0.15, 0.2) is 54.7 Å². The molecule has 7 aliphatic heterocycles. The Balaban J connectivity index is 0.893. The second-order valence-corrected chi connectivity index (χ2v) is 25.9. The molecule has 9 heterocycles. The highest BCUT2D eigenvalue weighted by molar-refractivity contribution is 5.96. The van der Waals surface area contributed by atoms with E-state index in [0.29, 0.717) is 111 Å². The molecule has 6 atom stereocenters. The Morgan fingerprint density at radius 3 is 2.49 bits per heavy atom. The maximum atomic E-state index is 15.2. The normalized spacial score (nSPS) is 26.8. The lowest BCUT2D eigenvalue weighted by Gasteiger charge is -2.55. The molecule has 436 valence electrons. The minimum absolute atomic E-state index is 0.0564. The number of carbonyl (C=O) groups excluding carboxylic acids is 4. The number of hydrazine groups is 1. The number of nitrogens with zero attached hydrogens (tertiary/aromatic N) is 7. The molecule has 7 fully saturated rings. The summed E-state index contributed by atoms with van der Waals surface area (Å²) in [4.78, 5) is 71.3. The largest absolute Gasteiger partial charge is 0.464 e. The van der Waals surface area contributed by atoms with Gasteiger partial charge in [0.05, 0.1) is 74.9 Å². The zero-order valence-corrected chi connectivity index (χ0v) is 47.7. The van der Waals surface area contributed by atoms with E-state index in [9.17, 15) is 19.2 Å². The predicted octanol–water partition coefficient (Wildman–Crippen LogP) is 5.91. The van der Waals surface area contributed by atoms with Crippen molar-refractivity contribution in [2.45, 2.75) is 141 Å². The van der Waals surface area contributed by atoms with Crippen LogP contribution in [0.5, 0.6) is 0 Å². The van der Waals surface area contributed by atoms with Crippen LogP contribution in [0.3, 0.4) is 0 Å². The van der Waals surface area contributed by atoms with Gasteiger partial charge >= 0.3 is 12.1 Å². The van der Waals surface area contributed by atoms with Crippen molar-refractivity contribution >= 4 is 40.3 Å². The maximum absolute atomic E-state index is 15.2. The molecule has 17 nitrogen and oxygen atoms in total. The number of likely N-dealkylation sites (tertiary alicyclic amines) is 1. The number of rotatable bonds is 10. The van der Waals surface area contributed by atoms with Gasteiger partial charge in [0.25, 0.3) is 5.91 Å². The number of benzene rings is 2. The van der Waals surface area contributed by atoms with Crippen molar-refractivity contribution in [2.75, 3.05) is 90.2 Å². The lowest BCUT2D eigenvalue weighted by atomic mass is 9.83. The maximum Gasteiger partial charge on any atom is 0.406 e. The van der Waals surface area contributed by atoms with Crippen LogP contribution in [0.25, 0.3) is 33.3 Å². The van der Waals surface area contributed by atoms with Crippen LogP contribution in [0, 0.1) is 17.3 Å². The monoisotopic (exact) mass is 1120 g/mol. The molecular weight excluding hydrogens is 1040 g/mol. The van der Waals surface area contributed by atoms with Crippen LogP contribution < -0.4 is 21.0 Å².